The van der Waals surface area contributed by atoms with E-state index in [0.717, 1.165) is 27.8 Å². The topological polar surface area (TPSA) is 105 Å². The van der Waals surface area contributed by atoms with E-state index < -0.39 is 24.2 Å². The molecule has 10 heteroatoms. The third kappa shape index (κ3) is 5.50. The molecule has 0 saturated carbocycles. The smallest absolute Gasteiger partial charge is 0.241 e. The fourth-order valence-corrected chi connectivity index (χ4v) is 8.06. The Bertz CT molecular complexity index is 2010. The number of methoxy groups -OCH3 is 1. The molecule has 0 spiro atoms. The number of benzene rings is 4. The van der Waals surface area contributed by atoms with Gasteiger partial charge in [-0.25, -0.2) is 0 Å². The molecule has 1 amide bonds. The highest BCUT2D eigenvalue weighted by atomic mass is 16.7. The number of aryl methyl sites for hydroxylation is 1. The molecule has 4 heterocycles. The lowest BCUT2D eigenvalue weighted by Gasteiger charge is -2.53. The van der Waals surface area contributed by atoms with E-state index in [1.54, 1.807) is 18.1 Å². The Labute approximate surface area is 296 Å². The number of carbonyl (C=O) groups excluding carboxylic acids is 2. The number of nitrogens with zero attached hydrogens (tertiary/aromatic N) is 1. The summed E-state index contributed by atoms with van der Waals surface area (Å²) in [6.07, 6.45) is 2.05. The predicted molar refractivity (Wildman–Crippen MR) is 189 cm³/mol. The first-order chi connectivity index (χ1) is 24.9. The zero-order valence-electron chi connectivity index (χ0n) is 28.9. The molecule has 4 aromatic carbocycles. The molecule has 4 atom stereocenters. The largest absolute Gasteiger partial charge is 0.493 e. The van der Waals surface area contributed by atoms with Crippen molar-refractivity contribution in [2.45, 2.75) is 57.6 Å². The van der Waals surface area contributed by atoms with Crippen molar-refractivity contribution in [1.82, 2.24) is 10.2 Å². The molecule has 0 aliphatic carbocycles. The first-order valence-electron chi connectivity index (χ1n) is 17.2. The summed E-state index contributed by atoms with van der Waals surface area (Å²) >= 11 is 0. The van der Waals surface area contributed by atoms with Crippen molar-refractivity contribution in [1.29, 1.82) is 0 Å². The number of hydrogen-bond acceptors (Lipinski definition) is 9. The van der Waals surface area contributed by atoms with Crippen molar-refractivity contribution in [3.63, 3.8) is 0 Å². The summed E-state index contributed by atoms with van der Waals surface area (Å²) in [5.41, 5.74) is 6.17. The molecule has 1 saturated heterocycles. The van der Waals surface area contributed by atoms with E-state index in [0.29, 0.717) is 65.1 Å². The number of Topliss-reactive ketones (excluding diaryl/α,β-unsaturated/α-hetero) is 1. The Kier molecular flexibility index (Phi) is 8.65. The molecule has 0 radical (unpaired) electrons. The molecule has 51 heavy (non-hydrogen) atoms. The molecule has 262 valence electrons. The summed E-state index contributed by atoms with van der Waals surface area (Å²) < 4.78 is 37.3. The van der Waals surface area contributed by atoms with Crippen LogP contribution in [0.25, 0.3) is 0 Å². The average molecular weight is 689 g/mol. The SMILES string of the molecule is C=CCOc1c(C)c2c(c3c1C(=O)[C@@H]1[C@@H]4N[C@H](Cc5cc(C)c(OC)c(OCc6ccccc6)c54)C(=O)N1[C@H]3COCc1ccccc1)OCO2. The molecule has 0 unspecified atom stereocenters. The molecule has 1 fully saturated rings. The zero-order chi connectivity index (χ0) is 35.2. The lowest BCUT2D eigenvalue weighted by Crippen LogP contribution is -2.68. The van der Waals surface area contributed by atoms with Crippen LogP contribution in [-0.2, 0) is 29.2 Å². The van der Waals surface area contributed by atoms with Crippen LogP contribution in [-0.4, -0.2) is 55.8 Å². The van der Waals surface area contributed by atoms with Gasteiger partial charge in [-0.1, -0.05) is 79.4 Å². The van der Waals surface area contributed by atoms with Gasteiger partial charge in [-0.05, 0) is 42.5 Å². The van der Waals surface area contributed by atoms with E-state index in [1.165, 1.54) is 0 Å². The van der Waals surface area contributed by atoms with Crippen LogP contribution in [0.1, 0.15) is 61.4 Å². The molecular formula is C41H40N2O8. The van der Waals surface area contributed by atoms with Crippen molar-refractivity contribution >= 4 is 11.7 Å². The number of ketones is 1. The Hall–Kier alpha value is -5.32. The molecular weight excluding hydrogens is 648 g/mol. The lowest BCUT2D eigenvalue weighted by atomic mass is 9.74. The van der Waals surface area contributed by atoms with Gasteiger partial charge in [-0.3, -0.25) is 14.9 Å². The highest BCUT2D eigenvalue weighted by Gasteiger charge is 2.57. The fraction of sp³-hybridized carbons (Fsp3) is 0.317. The van der Waals surface area contributed by atoms with Gasteiger partial charge in [0, 0.05) is 16.7 Å². The van der Waals surface area contributed by atoms with E-state index in [1.807, 2.05) is 74.5 Å². The second-order valence-electron chi connectivity index (χ2n) is 13.3. The van der Waals surface area contributed by atoms with Crippen LogP contribution in [0.5, 0.6) is 28.7 Å². The van der Waals surface area contributed by atoms with Crippen LogP contribution < -0.4 is 29.0 Å². The summed E-state index contributed by atoms with van der Waals surface area (Å²) in [6, 6.07) is 19.0. The number of hydrogen-bond donors (Lipinski definition) is 1. The molecule has 8 rings (SSSR count). The van der Waals surface area contributed by atoms with Gasteiger partial charge in [0.25, 0.3) is 0 Å². The van der Waals surface area contributed by atoms with Crippen LogP contribution in [0.15, 0.2) is 79.4 Å². The van der Waals surface area contributed by atoms with Gasteiger partial charge in [0.05, 0.1) is 44.0 Å². The monoisotopic (exact) mass is 688 g/mol. The molecule has 10 nitrogen and oxygen atoms in total. The van der Waals surface area contributed by atoms with Crippen molar-refractivity contribution < 1.29 is 38.0 Å². The minimum Gasteiger partial charge on any atom is -0.493 e. The lowest BCUT2D eigenvalue weighted by molar-refractivity contribution is -0.146. The Balaban J connectivity index is 1.29. The molecule has 1 N–H and O–H groups in total. The van der Waals surface area contributed by atoms with E-state index in [2.05, 4.69) is 18.0 Å². The average Bonchev–Trinajstić information content (AvgIpc) is 3.64. The summed E-state index contributed by atoms with van der Waals surface area (Å²) in [7, 11) is 1.62. The standard InChI is InChI=1S/C41H40N2O8/c1-5-16-48-37-24(3)38-40(51-22-50-38)31-29(21-47-19-25-12-8-6-9-13-25)43-34(35(44)32(31)37)33-30-27(18-28(42-33)41(43)45)17-23(2)36(46-4)39(30)49-20-26-14-10-7-11-15-26/h5-15,17,28-29,33-34,42H,1,16,18-22H2,2-4H3/t28-,29+,33-,34+/m1/s1. The highest BCUT2D eigenvalue weighted by molar-refractivity contribution is 6.10. The van der Waals surface area contributed by atoms with Crippen LogP contribution in [0.2, 0.25) is 0 Å². The number of nitrogens with one attached hydrogen (secondary N) is 1. The highest BCUT2D eigenvalue weighted by Crippen LogP contribution is 2.56. The fourth-order valence-electron chi connectivity index (χ4n) is 8.06. The van der Waals surface area contributed by atoms with Crippen LogP contribution in [0.4, 0.5) is 0 Å². The van der Waals surface area contributed by atoms with E-state index in [9.17, 15) is 4.79 Å². The summed E-state index contributed by atoms with van der Waals surface area (Å²) in [4.78, 5) is 31.7. The van der Waals surface area contributed by atoms with Gasteiger partial charge in [0.1, 0.15) is 25.0 Å². The third-order valence-electron chi connectivity index (χ3n) is 10.2. The van der Waals surface area contributed by atoms with Crippen molar-refractivity contribution in [3.8, 4) is 28.7 Å². The van der Waals surface area contributed by atoms with E-state index >= 15 is 4.79 Å². The summed E-state index contributed by atoms with van der Waals surface area (Å²) in [6.45, 7) is 8.54. The number of carbonyl (C=O) groups is 2. The Morgan fingerprint density at radius 1 is 0.902 bits per heavy atom. The second-order valence-corrected chi connectivity index (χ2v) is 13.3. The molecule has 4 aliphatic rings. The number of amides is 1. The Morgan fingerprint density at radius 2 is 1.61 bits per heavy atom. The minimum absolute atomic E-state index is 0.0158. The quantitative estimate of drug-likeness (QED) is 0.187. The van der Waals surface area contributed by atoms with Crippen molar-refractivity contribution in [3.05, 3.63) is 124 Å². The van der Waals surface area contributed by atoms with Gasteiger partial charge < -0.3 is 33.3 Å². The summed E-state index contributed by atoms with van der Waals surface area (Å²) in [5, 5.41) is 3.56. The first kappa shape index (κ1) is 32.9. The third-order valence-corrected chi connectivity index (χ3v) is 10.2. The van der Waals surface area contributed by atoms with E-state index in [-0.39, 0.29) is 31.7 Å². The second kappa shape index (κ2) is 13.4. The normalized spacial score (nSPS) is 21.0. The van der Waals surface area contributed by atoms with E-state index in [4.69, 9.17) is 28.4 Å². The van der Waals surface area contributed by atoms with Gasteiger partial charge in [0.15, 0.2) is 28.8 Å². The van der Waals surface area contributed by atoms with Gasteiger partial charge in [-0.2, -0.15) is 0 Å². The van der Waals surface area contributed by atoms with Crippen molar-refractivity contribution in [2.75, 3.05) is 27.1 Å². The number of fused-ring (bicyclic) bond motifs is 9. The van der Waals surface area contributed by atoms with Gasteiger partial charge in [0.2, 0.25) is 12.7 Å². The molecule has 4 aromatic rings. The minimum atomic E-state index is -0.956. The maximum atomic E-state index is 15.2. The molecule has 0 aromatic heterocycles. The van der Waals surface area contributed by atoms with Crippen LogP contribution >= 0.6 is 0 Å². The zero-order valence-corrected chi connectivity index (χ0v) is 28.9. The predicted octanol–water partition coefficient (Wildman–Crippen LogP) is 6.11. The van der Waals surface area contributed by atoms with Gasteiger partial charge >= 0.3 is 0 Å². The maximum absolute atomic E-state index is 15.2. The maximum Gasteiger partial charge on any atom is 0.241 e. The molecule has 2 bridgehead atoms. The number of piperazine rings is 1. The van der Waals surface area contributed by atoms with Crippen molar-refractivity contribution in [2.24, 2.45) is 0 Å². The number of rotatable bonds is 11. The van der Waals surface area contributed by atoms with Crippen LogP contribution in [0.3, 0.4) is 0 Å². The molecule has 4 aliphatic heterocycles. The van der Waals surface area contributed by atoms with Crippen LogP contribution in [0, 0.1) is 13.8 Å². The Morgan fingerprint density at radius 3 is 2.31 bits per heavy atom. The first-order valence-corrected chi connectivity index (χ1v) is 17.2. The van der Waals surface area contributed by atoms with Gasteiger partial charge in [-0.15, -0.1) is 0 Å². The number of ether oxygens (including phenoxy) is 6. The summed E-state index contributed by atoms with van der Waals surface area (Å²) in [5.74, 6) is 2.02.